The summed E-state index contributed by atoms with van der Waals surface area (Å²) >= 11 is 0. The van der Waals surface area contributed by atoms with Crippen LogP contribution in [0.4, 0.5) is 0 Å². The van der Waals surface area contributed by atoms with Crippen molar-refractivity contribution in [2.24, 2.45) is 4.99 Å². The average molecular weight is 339 g/mol. The number of hydrogen-bond acceptors (Lipinski definition) is 3. The summed E-state index contributed by atoms with van der Waals surface area (Å²) in [5, 5.41) is 3.47. The minimum atomic E-state index is 0.442. The van der Waals surface area contributed by atoms with E-state index in [2.05, 4.69) is 29.0 Å². The summed E-state index contributed by atoms with van der Waals surface area (Å²) in [6.07, 6.45) is 9.43. The van der Waals surface area contributed by atoms with Crippen molar-refractivity contribution in [1.82, 2.24) is 15.1 Å². The average Bonchev–Trinajstić information content (AvgIpc) is 2.87. The molecule has 0 aromatic carbocycles. The highest BCUT2D eigenvalue weighted by Gasteiger charge is 2.21. The molecule has 0 bridgehead atoms. The first-order chi connectivity index (χ1) is 11.8. The molecule has 2 aliphatic heterocycles. The van der Waals surface area contributed by atoms with Gasteiger partial charge < -0.3 is 19.9 Å². The molecule has 0 aliphatic carbocycles. The summed E-state index contributed by atoms with van der Waals surface area (Å²) in [5.74, 6) is 1.10. The van der Waals surface area contributed by atoms with Crippen LogP contribution in [0.5, 0.6) is 0 Å². The zero-order chi connectivity index (χ0) is 17.0. The Bertz CT molecular complexity index is 345. The van der Waals surface area contributed by atoms with E-state index < -0.39 is 0 Å². The minimum absolute atomic E-state index is 0.442. The van der Waals surface area contributed by atoms with Gasteiger partial charge in [-0.25, -0.2) is 0 Å². The quantitative estimate of drug-likeness (QED) is 0.440. The SMILES string of the molecule is CCNC(=NCCCN1CCCCCC1)N1CCC(OCC)CC1. The number of nitrogens with one attached hydrogen (secondary N) is 1. The number of hydrogen-bond donors (Lipinski definition) is 1. The first-order valence-electron chi connectivity index (χ1n) is 10.2. The third kappa shape index (κ3) is 6.98. The Kier molecular flexibility index (Phi) is 9.51. The van der Waals surface area contributed by atoms with Gasteiger partial charge >= 0.3 is 0 Å². The van der Waals surface area contributed by atoms with E-state index in [0.29, 0.717) is 6.10 Å². The molecule has 0 aromatic rings. The second-order valence-electron chi connectivity index (χ2n) is 6.99. The van der Waals surface area contributed by atoms with Gasteiger partial charge in [0.2, 0.25) is 0 Å². The molecule has 2 fully saturated rings. The van der Waals surface area contributed by atoms with E-state index in [1.807, 2.05) is 0 Å². The van der Waals surface area contributed by atoms with Crippen molar-refractivity contribution >= 4 is 5.96 Å². The second kappa shape index (κ2) is 11.7. The van der Waals surface area contributed by atoms with E-state index >= 15 is 0 Å². The third-order valence-electron chi connectivity index (χ3n) is 5.07. The molecule has 0 amide bonds. The van der Waals surface area contributed by atoms with Crippen LogP contribution in [0, 0.1) is 0 Å². The van der Waals surface area contributed by atoms with E-state index in [1.54, 1.807) is 0 Å². The monoisotopic (exact) mass is 338 g/mol. The van der Waals surface area contributed by atoms with Crippen molar-refractivity contribution < 1.29 is 4.74 Å². The van der Waals surface area contributed by atoms with E-state index in [1.165, 1.54) is 51.7 Å². The van der Waals surface area contributed by atoms with E-state index in [9.17, 15) is 0 Å². The van der Waals surface area contributed by atoms with Gasteiger partial charge in [0.15, 0.2) is 5.96 Å². The molecule has 2 rings (SSSR count). The Morgan fingerprint density at radius 2 is 1.75 bits per heavy atom. The number of piperidine rings is 1. The lowest BCUT2D eigenvalue weighted by molar-refractivity contribution is 0.0264. The molecule has 1 N–H and O–H groups in total. The van der Waals surface area contributed by atoms with Crippen molar-refractivity contribution in [3.8, 4) is 0 Å². The Hall–Kier alpha value is -0.810. The van der Waals surface area contributed by atoms with Crippen LogP contribution in [0.2, 0.25) is 0 Å². The van der Waals surface area contributed by atoms with Gasteiger partial charge in [-0.3, -0.25) is 4.99 Å². The van der Waals surface area contributed by atoms with Gasteiger partial charge in [-0.15, -0.1) is 0 Å². The van der Waals surface area contributed by atoms with Crippen LogP contribution in [0.3, 0.4) is 0 Å². The fraction of sp³-hybridized carbons (Fsp3) is 0.947. The molecule has 5 nitrogen and oxygen atoms in total. The lowest BCUT2D eigenvalue weighted by Gasteiger charge is -2.34. The van der Waals surface area contributed by atoms with E-state index in [4.69, 9.17) is 9.73 Å². The predicted molar refractivity (Wildman–Crippen MR) is 102 cm³/mol. The summed E-state index contributed by atoms with van der Waals surface area (Å²) < 4.78 is 5.75. The first-order valence-corrected chi connectivity index (χ1v) is 10.2. The standard InChI is InChI=1S/C19H38N4O/c1-3-20-19(23-16-10-18(11-17-23)24-4-2)21-12-9-15-22-13-7-5-6-8-14-22/h18H,3-17H2,1-2H3,(H,20,21). The number of guanidine groups is 1. The lowest BCUT2D eigenvalue weighted by Crippen LogP contribution is -2.47. The Morgan fingerprint density at radius 3 is 2.38 bits per heavy atom. The van der Waals surface area contributed by atoms with Crippen molar-refractivity contribution in [3.63, 3.8) is 0 Å². The summed E-state index contributed by atoms with van der Waals surface area (Å²) in [4.78, 5) is 9.92. The topological polar surface area (TPSA) is 40.1 Å². The normalized spacial score (nSPS) is 21.8. The first kappa shape index (κ1) is 19.5. The summed E-state index contributed by atoms with van der Waals surface area (Å²) in [6, 6.07) is 0. The zero-order valence-electron chi connectivity index (χ0n) is 15.9. The number of rotatable bonds is 7. The maximum Gasteiger partial charge on any atom is 0.193 e. The lowest BCUT2D eigenvalue weighted by atomic mass is 10.1. The van der Waals surface area contributed by atoms with Gasteiger partial charge in [0.1, 0.15) is 0 Å². The van der Waals surface area contributed by atoms with Gasteiger partial charge in [0, 0.05) is 32.8 Å². The van der Waals surface area contributed by atoms with Gasteiger partial charge in [0.05, 0.1) is 6.10 Å². The molecule has 0 spiro atoms. The molecule has 0 atom stereocenters. The maximum atomic E-state index is 5.75. The van der Waals surface area contributed by atoms with Crippen LogP contribution in [-0.4, -0.2) is 74.3 Å². The molecule has 140 valence electrons. The number of nitrogens with zero attached hydrogens (tertiary/aromatic N) is 3. The summed E-state index contributed by atoms with van der Waals surface area (Å²) in [6.45, 7) is 12.8. The Balaban J connectivity index is 1.72. The van der Waals surface area contributed by atoms with Crippen LogP contribution >= 0.6 is 0 Å². The summed E-state index contributed by atoms with van der Waals surface area (Å²) in [7, 11) is 0. The largest absolute Gasteiger partial charge is 0.378 e. The Labute approximate surface area is 148 Å². The fourth-order valence-corrected chi connectivity index (χ4v) is 3.73. The minimum Gasteiger partial charge on any atom is -0.378 e. The number of likely N-dealkylation sites (tertiary alicyclic amines) is 2. The molecule has 0 aromatic heterocycles. The van der Waals surface area contributed by atoms with E-state index in [-0.39, 0.29) is 0 Å². The highest BCUT2D eigenvalue weighted by Crippen LogP contribution is 2.14. The van der Waals surface area contributed by atoms with Crippen LogP contribution in [-0.2, 0) is 4.74 Å². The smallest absolute Gasteiger partial charge is 0.193 e. The molecule has 24 heavy (non-hydrogen) atoms. The molecular formula is C19H38N4O. The number of aliphatic imine (C=N–C) groups is 1. The molecule has 2 aliphatic rings. The molecule has 0 unspecified atom stereocenters. The van der Waals surface area contributed by atoms with Gasteiger partial charge in [-0.05, 0) is 65.6 Å². The molecule has 0 saturated carbocycles. The highest BCUT2D eigenvalue weighted by atomic mass is 16.5. The zero-order valence-corrected chi connectivity index (χ0v) is 15.9. The molecule has 5 heteroatoms. The second-order valence-corrected chi connectivity index (χ2v) is 6.99. The third-order valence-corrected chi connectivity index (χ3v) is 5.07. The number of ether oxygens (including phenoxy) is 1. The molecule has 2 heterocycles. The van der Waals surface area contributed by atoms with Gasteiger partial charge in [0.25, 0.3) is 0 Å². The van der Waals surface area contributed by atoms with Crippen molar-refractivity contribution in [2.45, 2.75) is 64.9 Å². The van der Waals surface area contributed by atoms with Crippen LogP contribution in [0.15, 0.2) is 4.99 Å². The molecule has 2 saturated heterocycles. The Morgan fingerprint density at radius 1 is 1.04 bits per heavy atom. The maximum absolute atomic E-state index is 5.75. The van der Waals surface area contributed by atoms with Crippen molar-refractivity contribution in [2.75, 3.05) is 52.4 Å². The van der Waals surface area contributed by atoms with Crippen LogP contribution in [0.1, 0.15) is 58.8 Å². The molecular weight excluding hydrogens is 300 g/mol. The highest BCUT2D eigenvalue weighted by molar-refractivity contribution is 5.80. The van der Waals surface area contributed by atoms with Crippen molar-refractivity contribution in [3.05, 3.63) is 0 Å². The molecule has 0 radical (unpaired) electrons. The predicted octanol–water partition coefficient (Wildman–Crippen LogP) is 2.72. The van der Waals surface area contributed by atoms with Crippen LogP contribution < -0.4 is 5.32 Å². The fourth-order valence-electron chi connectivity index (χ4n) is 3.73. The van der Waals surface area contributed by atoms with E-state index in [0.717, 1.165) is 51.6 Å². The summed E-state index contributed by atoms with van der Waals surface area (Å²) in [5.41, 5.74) is 0. The van der Waals surface area contributed by atoms with Crippen molar-refractivity contribution in [1.29, 1.82) is 0 Å². The van der Waals surface area contributed by atoms with Crippen LogP contribution in [0.25, 0.3) is 0 Å². The van der Waals surface area contributed by atoms with Gasteiger partial charge in [-0.2, -0.15) is 0 Å². The van der Waals surface area contributed by atoms with Gasteiger partial charge in [-0.1, -0.05) is 12.8 Å².